The standard InChI is InChI=1S/C15H16BBrNO5/c1-15(2,3)23-14(20)18-11-6-8(13(19)22-4)5-10(17)9(11)7-12(18)16-21/h5-7,21H,1-4H3. The van der Waals surface area contributed by atoms with Gasteiger partial charge in [-0.25, -0.2) is 9.59 Å². The van der Waals surface area contributed by atoms with Crippen LogP contribution in [0.3, 0.4) is 0 Å². The topological polar surface area (TPSA) is 77.8 Å². The van der Waals surface area contributed by atoms with Gasteiger partial charge in [0.1, 0.15) is 5.60 Å². The molecule has 1 heterocycles. The zero-order valence-electron chi connectivity index (χ0n) is 13.2. The lowest BCUT2D eigenvalue weighted by Crippen LogP contribution is -2.34. The van der Waals surface area contributed by atoms with Gasteiger partial charge in [0.05, 0.1) is 18.2 Å². The van der Waals surface area contributed by atoms with E-state index in [1.165, 1.54) is 17.7 Å². The van der Waals surface area contributed by atoms with Gasteiger partial charge in [-0.3, -0.25) is 4.57 Å². The first-order valence-corrected chi connectivity index (χ1v) is 7.61. The first kappa shape index (κ1) is 17.6. The second-order valence-electron chi connectivity index (χ2n) is 5.90. The second kappa shape index (κ2) is 6.37. The van der Waals surface area contributed by atoms with Gasteiger partial charge < -0.3 is 14.5 Å². The molecule has 8 heteroatoms. The van der Waals surface area contributed by atoms with Crippen LogP contribution in [0, 0.1) is 0 Å². The molecule has 0 bridgehead atoms. The highest BCUT2D eigenvalue weighted by Gasteiger charge is 2.24. The molecule has 0 unspecified atom stereocenters. The van der Waals surface area contributed by atoms with Crippen LogP contribution in [0.2, 0.25) is 0 Å². The van der Waals surface area contributed by atoms with E-state index >= 15 is 0 Å². The number of rotatable bonds is 2. The van der Waals surface area contributed by atoms with Crippen molar-refractivity contribution in [2.75, 3.05) is 7.11 Å². The van der Waals surface area contributed by atoms with Crippen molar-refractivity contribution in [2.24, 2.45) is 0 Å². The number of benzene rings is 1. The van der Waals surface area contributed by atoms with Crippen LogP contribution in [0.5, 0.6) is 0 Å². The van der Waals surface area contributed by atoms with Crippen LogP contribution in [0.25, 0.3) is 10.9 Å². The smallest absolute Gasteiger partial charge is 0.418 e. The van der Waals surface area contributed by atoms with E-state index in [9.17, 15) is 14.6 Å². The molecule has 2 aromatic rings. The van der Waals surface area contributed by atoms with Crippen LogP contribution < -0.4 is 5.59 Å². The predicted octanol–water partition coefficient (Wildman–Crippen LogP) is 2.21. The van der Waals surface area contributed by atoms with Crippen LogP contribution >= 0.6 is 15.9 Å². The highest BCUT2D eigenvalue weighted by Crippen LogP contribution is 2.27. The fourth-order valence-corrected chi connectivity index (χ4v) is 2.69. The molecule has 0 aliphatic rings. The number of carbonyl (C=O) groups excluding carboxylic acids is 2. The van der Waals surface area contributed by atoms with Crippen molar-refractivity contribution in [3.05, 3.63) is 28.2 Å². The molecule has 0 saturated heterocycles. The maximum absolute atomic E-state index is 12.5. The number of carbonyl (C=O) groups is 2. The molecule has 121 valence electrons. The average molecular weight is 381 g/mol. The molecule has 1 aromatic heterocycles. The zero-order chi connectivity index (χ0) is 17.4. The van der Waals surface area contributed by atoms with E-state index in [1.54, 1.807) is 32.9 Å². The van der Waals surface area contributed by atoms with Gasteiger partial charge in [-0.05, 0) is 39.0 Å². The summed E-state index contributed by atoms with van der Waals surface area (Å²) in [5.41, 5.74) is 0.253. The Balaban J connectivity index is 2.68. The number of halogens is 1. The van der Waals surface area contributed by atoms with E-state index in [0.717, 1.165) is 7.48 Å². The van der Waals surface area contributed by atoms with E-state index in [1.807, 2.05) is 0 Å². The molecule has 0 spiro atoms. The second-order valence-corrected chi connectivity index (χ2v) is 6.75. The lowest BCUT2D eigenvalue weighted by Gasteiger charge is -2.20. The Kier molecular flexibility index (Phi) is 4.86. The van der Waals surface area contributed by atoms with Gasteiger partial charge in [0, 0.05) is 15.5 Å². The number of esters is 1. The molecule has 1 aromatic carbocycles. The van der Waals surface area contributed by atoms with Crippen molar-refractivity contribution >= 4 is 52.0 Å². The summed E-state index contributed by atoms with van der Waals surface area (Å²) >= 11 is 3.36. The Morgan fingerprint density at radius 3 is 2.43 bits per heavy atom. The summed E-state index contributed by atoms with van der Waals surface area (Å²) in [6.07, 6.45) is -0.651. The number of hydrogen-bond donors (Lipinski definition) is 1. The van der Waals surface area contributed by atoms with Crippen LogP contribution in [0.1, 0.15) is 31.1 Å². The molecule has 0 atom stereocenters. The zero-order valence-corrected chi connectivity index (χ0v) is 14.8. The number of ether oxygens (including phenoxy) is 2. The third kappa shape index (κ3) is 3.59. The summed E-state index contributed by atoms with van der Waals surface area (Å²) in [4.78, 5) is 24.2. The Morgan fingerprint density at radius 1 is 1.26 bits per heavy atom. The third-order valence-electron chi connectivity index (χ3n) is 3.03. The molecular formula is C15H16BBrNO5. The summed E-state index contributed by atoms with van der Waals surface area (Å²) < 4.78 is 11.9. The molecule has 2 rings (SSSR count). The van der Waals surface area contributed by atoms with E-state index in [2.05, 4.69) is 15.9 Å². The largest absolute Gasteiger partial charge is 0.465 e. The molecular weight excluding hydrogens is 365 g/mol. The monoisotopic (exact) mass is 380 g/mol. The summed E-state index contributed by atoms with van der Waals surface area (Å²) in [5, 5.41) is 10.1. The van der Waals surface area contributed by atoms with Crippen molar-refractivity contribution in [1.29, 1.82) is 0 Å². The number of methoxy groups -OCH3 is 1. The molecule has 0 amide bonds. The van der Waals surface area contributed by atoms with Crippen molar-refractivity contribution in [2.45, 2.75) is 26.4 Å². The SMILES string of the molecule is COC(=O)c1cc(Br)c2cc([B]O)n(C(=O)OC(C)(C)C)c2c1. The quantitative estimate of drug-likeness (QED) is 0.638. The first-order valence-electron chi connectivity index (χ1n) is 6.82. The minimum absolute atomic E-state index is 0.247. The minimum Gasteiger partial charge on any atom is -0.465 e. The van der Waals surface area contributed by atoms with Crippen LogP contribution in [0.4, 0.5) is 4.79 Å². The molecule has 0 saturated carbocycles. The molecule has 0 aliphatic carbocycles. The molecule has 0 fully saturated rings. The number of hydrogen-bond acceptors (Lipinski definition) is 5. The van der Waals surface area contributed by atoms with E-state index in [-0.39, 0.29) is 11.2 Å². The molecule has 23 heavy (non-hydrogen) atoms. The fourth-order valence-electron chi connectivity index (χ4n) is 2.12. The maximum Gasteiger partial charge on any atom is 0.418 e. The van der Waals surface area contributed by atoms with Gasteiger partial charge in [-0.15, -0.1) is 0 Å². The van der Waals surface area contributed by atoms with Crippen LogP contribution in [-0.2, 0) is 9.47 Å². The summed E-state index contributed by atoms with van der Waals surface area (Å²) in [7, 11) is 2.09. The van der Waals surface area contributed by atoms with Crippen molar-refractivity contribution < 1.29 is 24.1 Å². The van der Waals surface area contributed by atoms with Crippen molar-refractivity contribution in [1.82, 2.24) is 4.57 Å². The molecule has 0 aliphatic heterocycles. The molecule has 1 radical (unpaired) electrons. The Hall–Kier alpha value is -1.80. The first-order chi connectivity index (χ1) is 10.7. The Morgan fingerprint density at radius 2 is 1.91 bits per heavy atom. The van der Waals surface area contributed by atoms with Gasteiger partial charge in [0.25, 0.3) is 0 Å². The lowest BCUT2D eigenvalue weighted by atomic mass is 9.96. The van der Waals surface area contributed by atoms with Gasteiger partial charge in [0.2, 0.25) is 0 Å². The van der Waals surface area contributed by atoms with Crippen LogP contribution in [0.15, 0.2) is 22.7 Å². The summed E-state index contributed by atoms with van der Waals surface area (Å²) in [6.45, 7) is 5.23. The average Bonchev–Trinajstić information content (AvgIpc) is 2.83. The Labute approximate surface area is 142 Å². The molecule has 6 nitrogen and oxygen atoms in total. The minimum atomic E-state index is -0.697. The van der Waals surface area contributed by atoms with E-state index < -0.39 is 17.7 Å². The molecule has 1 N–H and O–H groups in total. The lowest BCUT2D eigenvalue weighted by molar-refractivity contribution is 0.0545. The van der Waals surface area contributed by atoms with Gasteiger partial charge in [-0.1, -0.05) is 15.9 Å². The summed E-state index contributed by atoms with van der Waals surface area (Å²) in [5.74, 6) is -0.529. The Bertz CT molecular complexity index is 778. The van der Waals surface area contributed by atoms with E-state index in [4.69, 9.17) is 9.47 Å². The van der Waals surface area contributed by atoms with Gasteiger partial charge in [0.15, 0.2) is 0 Å². The summed E-state index contributed by atoms with van der Waals surface area (Å²) in [6, 6.07) is 4.72. The highest BCUT2D eigenvalue weighted by molar-refractivity contribution is 9.10. The normalized spacial score (nSPS) is 11.4. The van der Waals surface area contributed by atoms with Crippen LogP contribution in [-0.4, -0.2) is 41.8 Å². The highest BCUT2D eigenvalue weighted by atomic mass is 79.9. The number of nitrogens with zero attached hydrogens (tertiary/aromatic N) is 1. The third-order valence-corrected chi connectivity index (χ3v) is 3.68. The van der Waals surface area contributed by atoms with Gasteiger partial charge in [-0.2, -0.15) is 0 Å². The van der Waals surface area contributed by atoms with E-state index in [0.29, 0.717) is 15.4 Å². The number of fused-ring (bicyclic) bond motifs is 1. The van der Waals surface area contributed by atoms with Crippen molar-refractivity contribution in [3.8, 4) is 0 Å². The fraction of sp³-hybridized carbons (Fsp3) is 0.333. The van der Waals surface area contributed by atoms with Crippen molar-refractivity contribution in [3.63, 3.8) is 0 Å². The number of aromatic nitrogens is 1. The maximum atomic E-state index is 12.5. The predicted molar refractivity (Wildman–Crippen MR) is 90.2 cm³/mol. The van der Waals surface area contributed by atoms with Gasteiger partial charge >= 0.3 is 19.5 Å².